The second-order valence-corrected chi connectivity index (χ2v) is 12.2. The van der Waals surface area contributed by atoms with Gasteiger partial charge in [-0.15, -0.1) is 0 Å². The fraction of sp³-hybridized carbons (Fsp3) is 0.294. The van der Waals surface area contributed by atoms with E-state index in [1.165, 1.54) is 19.1 Å². The number of benzene rings is 3. The Balaban J connectivity index is 1.55. The number of ether oxygens (including phenoxy) is 2. The zero-order valence-corrected chi connectivity index (χ0v) is 24.7. The number of phenols is 1. The predicted molar refractivity (Wildman–Crippen MR) is 160 cm³/mol. The van der Waals surface area contributed by atoms with E-state index in [-0.39, 0.29) is 35.5 Å². The second-order valence-electron chi connectivity index (χ2n) is 11.7. The zero-order valence-electron chi connectivity index (χ0n) is 24.0. The van der Waals surface area contributed by atoms with Gasteiger partial charge in [-0.1, -0.05) is 59.6 Å². The molecule has 4 aliphatic rings. The number of phenolic OH excluding ortho intramolecular Hbond substituents is 1. The van der Waals surface area contributed by atoms with Crippen LogP contribution in [0, 0.1) is 23.7 Å². The van der Waals surface area contributed by atoms with Gasteiger partial charge in [-0.25, -0.2) is 4.90 Å². The molecule has 0 spiro atoms. The molecule has 1 saturated carbocycles. The van der Waals surface area contributed by atoms with Crippen molar-refractivity contribution in [1.82, 2.24) is 5.32 Å². The number of rotatable bonds is 5. The summed E-state index contributed by atoms with van der Waals surface area (Å²) in [5, 5.41) is 13.7. The van der Waals surface area contributed by atoms with Crippen LogP contribution in [0.15, 0.2) is 78.4 Å². The normalized spacial score (nSPS) is 29.0. The Bertz CT molecular complexity index is 1750. The van der Waals surface area contributed by atoms with Crippen LogP contribution in [0.1, 0.15) is 29.9 Å². The lowest BCUT2D eigenvalue weighted by atomic mass is 9.49. The number of anilines is 1. The van der Waals surface area contributed by atoms with Gasteiger partial charge in [0.1, 0.15) is 0 Å². The number of amides is 4. The van der Waals surface area contributed by atoms with Crippen molar-refractivity contribution < 1.29 is 33.8 Å². The molecule has 3 fully saturated rings. The molecule has 2 heterocycles. The number of imide groups is 2. The minimum absolute atomic E-state index is 0.132. The van der Waals surface area contributed by atoms with E-state index in [2.05, 4.69) is 5.32 Å². The lowest BCUT2D eigenvalue weighted by Crippen LogP contribution is -2.53. The van der Waals surface area contributed by atoms with Crippen LogP contribution in [-0.2, 0) is 24.6 Å². The van der Waals surface area contributed by atoms with Gasteiger partial charge in [0.05, 0.1) is 43.1 Å². The standard InChI is InChI=1S/C34H29ClN2O7/c1-43-25-13-17(14-26(44-2)29(25)38)28-21-11-12-22-27(31(40)36-30(22)39)23(21)16-24-32(41)37(20-10-6-9-19(35)15-20)33(42)34(24,28)18-7-4-3-5-8-18/h3-11,13-15,22-24,27-28,38H,12,16H2,1-2H3,(H,36,39,40)/t22-,23+,24-,27-,28-,34+/m0/s1. The van der Waals surface area contributed by atoms with Gasteiger partial charge in [-0.2, -0.15) is 0 Å². The Kier molecular flexibility index (Phi) is 6.55. The molecule has 44 heavy (non-hydrogen) atoms. The Morgan fingerprint density at radius 1 is 0.909 bits per heavy atom. The summed E-state index contributed by atoms with van der Waals surface area (Å²) < 4.78 is 11.0. The van der Waals surface area contributed by atoms with Crippen molar-refractivity contribution in [2.75, 3.05) is 19.1 Å². The van der Waals surface area contributed by atoms with E-state index in [0.717, 1.165) is 5.57 Å². The first-order chi connectivity index (χ1) is 21.2. The van der Waals surface area contributed by atoms with Crippen LogP contribution >= 0.6 is 11.6 Å². The summed E-state index contributed by atoms with van der Waals surface area (Å²) in [5.41, 5.74) is 0.901. The van der Waals surface area contributed by atoms with Crippen molar-refractivity contribution in [2.45, 2.75) is 24.2 Å². The highest BCUT2D eigenvalue weighted by Gasteiger charge is 2.69. The monoisotopic (exact) mass is 612 g/mol. The number of allylic oxidation sites excluding steroid dienone is 2. The minimum atomic E-state index is -1.44. The number of carbonyl (C=O) groups excluding carboxylic acids is 4. The number of aromatic hydroxyl groups is 1. The Morgan fingerprint density at radius 2 is 1.61 bits per heavy atom. The summed E-state index contributed by atoms with van der Waals surface area (Å²) in [6.07, 6.45) is 2.46. The van der Waals surface area contributed by atoms with E-state index in [9.17, 15) is 19.5 Å². The maximum atomic E-state index is 15.2. The third-order valence-corrected chi connectivity index (χ3v) is 10.1. The molecule has 2 aliphatic carbocycles. The SMILES string of the molecule is COc1cc([C@H]2C3=CC[C@@H]4C(=O)NC(=O)[C@@H]4[C@@H]3C[C@H]3C(=O)N(c4cccc(Cl)c4)C(=O)[C@@]23c2ccccc2)cc(OC)c1O. The molecule has 6 atom stereocenters. The molecule has 2 saturated heterocycles. The minimum Gasteiger partial charge on any atom is -0.502 e. The van der Waals surface area contributed by atoms with Crippen molar-refractivity contribution in [3.63, 3.8) is 0 Å². The topological polar surface area (TPSA) is 122 Å². The molecular formula is C34H29ClN2O7. The van der Waals surface area contributed by atoms with E-state index < -0.39 is 46.8 Å². The fourth-order valence-corrected chi connectivity index (χ4v) is 8.29. The number of halogens is 1. The van der Waals surface area contributed by atoms with Gasteiger partial charge in [-0.3, -0.25) is 24.5 Å². The van der Waals surface area contributed by atoms with Gasteiger partial charge in [-0.05, 0) is 60.2 Å². The van der Waals surface area contributed by atoms with Crippen LogP contribution in [0.5, 0.6) is 17.2 Å². The predicted octanol–water partition coefficient (Wildman–Crippen LogP) is 4.51. The van der Waals surface area contributed by atoms with Crippen molar-refractivity contribution in [3.8, 4) is 17.2 Å². The number of carbonyl (C=O) groups is 4. The van der Waals surface area contributed by atoms with Crippen LogP contribution in [-0.4, -0.2) is 43.0 Å². The van der Waals surface area contributed by atoms with Gasteiger partial charge >= 0.3 is 0 Å². The summed E-state index contributed by atoms with van der Waals surface area (Å²) in [5.74, 6) is -4.86. The maximum Gasteiger partial charge on any atom is 0.246 e. The van der Waals surface area contributed by atoms with Gasteiger partial charge in [0.25, 0.3) is 0 Å². The molecule has 10 heteroatoms. The lowest BCUT2D eigenvalue weighted by molar-refractivity contribution is -0.128. The average Bonchev–Trinajstić information content (AvgIpc) is 3.45. The lowest BCUT2D eigenvalue weighted by Gasteiger charge is -2.50. The van der Waals surface area contributed by atoms with Gasteiger partial charge < -0.3 is 14.6 Å². The number of hydrogen-bond acceptors (Lipinski definition) is 7. The number of hydrogen-bond donors (Lipinski definition) is 2. The molecule has 0 bridgehead atoms. The van der Waals surface area contributed by atoms with E-state index in [1.807, 2.05) is 36.4 Å². The maximum absolute atomic E-state index is 15.2. The molecule has 0 aromatic heterocycles. The average molecular weight is 613 g/mol. The molecule has 3 aromatic carbocycles. The molecule has 0 unspecified atom stereocenters. The van der Waals surface area contributed by atoms with Crippen LogP contribution < -0.4 is 19.7 Å². The summed E-state index contributed by atoms with van der Waals surface area (Å²) in [4.78, 5) is 57.0. The summed E-state index contributed by atoms with van der Waals surface area (Å²) in [6.45, 7) is 0. The number of nitrogens with one attached hydrogen (secondary N) is 1. The van der Waals surface area contributed by atoms with Crippen LogP contribution in [0.3, 0.4) is 0 Å². The first kappa shape index (κ1) is 28.2. The molecule has 2 N–H and O–H groups in total. The molecule has 224 valence electrons. The molecule has 7 rings (SSSR count). The van der Waals surface area contributed by atoms with Gasteiger partial charge in [0.15, 0.2) is 11.5 Å². The molecular weight excluding hydrogens is 584 g/mol. The Labute approximate surface area is 258 Å². The van der Waals surface area contributed by atoms with Crippen LogP contribution in [0.4, 0.5) is 5.69 Å². The molecule has 9 nitrogen and oxygen atoms in total. The van der Waals surface area contributed by atoms with Crippen molar-refractivity contribution >= 4 is 40.9 Å². The van der Waals surface area contributed by atoms with Crippen LogP contribution in [0.2, 0.25) is 5.02 Å². The molecule has 4 amide bonds. The third kappa shape index (κ3) is 3.78. The zero-order chi connectivity index (χ0) is 30.9. The van der Waals surface area contributed by atoms with Crippen molar-refractivity contribution in [1.29, 1.82) is 0 Å². The van der Waals surface area contributed by atoms with E-state index in [4.69, 9.17) is 21.1 Å². The fourth-order valence-electron chi connectivity index (χ4n) is 8.11. The highest BCUT2D eigenvalue weighted by atomic mass is 35.5. The highest BCUT2D eigenvalue weighted by Crippen LogP contribution is 2.64. The first-order valence-corrected chi connectivity index (χ1v) is 14.8. The van der Waals surface area contributed by atoms with E-state index in [0.29, 0.717) is 28.3 Å². The number of methoxy groups -OCH3 is 2. The quantitative estimate of drug-likeness (QED) is 0.321. The highest BCUT2D eigenvalue weighted by molar-refractivity contribution is 6.32. The summed E-state index contributed by atoms with van der Waals surface area (Å²) >= 11 is 6.33. The van der Waals surface area contributed by atoms with E-state index >= 15 is 4.79 Å². The third-order valence-electron chi connectivity index (χ3n) is 9.85. The van der Waals surface area contributed by atoms with Crippen LogP contribution in [0.25, 0.3) is 0 Å². The Morgan fingerprint density at radius 3 is 2.27 bits per heavy atom. The second kappa shape index (κ2) is 10.2. The van der Waals surface area contributed by atoms with Crippen molar-refractivity contribution in [2.24, 2.45) is 23.7 Å². The molecule has 0 radical (unpaired) electrons. The van der Waals surface area contributed by atoms with E-state index in [1.54, 1.807) is 36.4 Å². The Hall–Kier alpha value is -4.63. The van der Waals surface area contributed by atoms with Gasteiger partial charge in [0, 0.05) is 10.9 Å². The summed E-state index contributed by atoms with van der Waals surface area (Å²) in [6, 6.07) is 19.1. The largest absolute Gasteiger partial charge is 0.502 e. The smallest absolute Gasteiger partial charge is 0.246 e. The summed E-state index contributed by atoms with van der Waals surface area (Å²) in [7, 11) is 2.84. The van der Waals surface area contributed by atoms with Gasteiger partial charge in [0.2, 0.25) is 29.4 Å². The number of nitrogens with zero attached hydrogens (tertiary/aromatic N) is 1. The number of fused-ring (bicyclic) bond motifs is 4. The molecule has 2 aliphatic heterocycles. The molecule has 3 aromatic rings. The van der Waals surface area contributed by atoms with Crippen molar-refractivity contribution in [3.05, 3.63) is 94.5 Å². The first-order valence-electron chi connectivity index (χ1n) is 14.4.